The number of thioether (sulfide) groups is 1. The summed E-state index contributed by atoms with van der Waals surface area (Å²) in [5.41, 5.74) is 0.136. The Hall–Kier alpha value is -1.81. The predicted octanol–water partition coefficient (Wildman–Crippen LogP) is 1.77. The van der Waals surface area contributed by atoms with Gasteiger partial charge in [-0.1, -0.05) is 44.5 Å². The van der Waals surface area contributed by atoms with E-state index in [2.05, 4.69) is 10.6 Å². The summed E-state index contributed by atoms with van der Waals surface area (Å²) in [5.74, 6) is -2.81. The minimum Gasteiger partial charge on any atom is -0.379 e. The van der Waals surface area contributed by atoms with E-state index in [-0.39, 0.29) is 18.8 Å². The molecule has 1 rings (SSSR count). The number of benzene rings is 1. The summed E-state index contributed by atoms with van der Waals surface area (Å²) in [6.45, 7) is 5.36. The first-order valence-corrected chi connectivity index (χ1v) is 11.8. The predicted molar refractivity (Wildman–Crippen MR) is 122 cm³/mol. The van der Waals surface area contributed by atoms with Gasteiger partial charge >= 0.3 is 0 Å². The van der Waals surface area contributed by atoms with E-state index in [1.807, 2.05) is 6.26 Å². The molecule has 0 saturated carbocycles. The van der Waals surface area contributed by atoms with Crippen molar-refractivity contribution in [3.05, 3.63) is 34.9 Å². The van der Waals surface area contributed by atoms with E-state index in [0.29, 0.717) is 17.3 Å². The number of carbonyl (C=O) groups excluding carboxylic acids is 3. The van der Waals surface area contributed by atoms with Crippen molar-refractivity contribution in [2.75, 3.05) is 18.6 Å². The van der Waals surface area contributed by atoms with Gasteiger partial charge in [-0.15, -0.1) is 0 Å². The maximum Gasteiger partial charge on any atom is 0.253 e. The Bertz CT molecular complexity index is 747. The van der Waals surface area contributed by atoms with E-state index >= 15 is 0 Å². The van der Waals surface area contributed by atoms with Crippen LogP contribution < -0.4 is 16.1 Å². The van der Waals surface area contributed by atoms with Gasteiger partial charge in [-0.3, -0.25) is 19.6 Å². The molecule has 8 nitrogen and oxygen atoms in total. The van der Waals surface area contributed by atoms with Gasteiger partial charge < -0.3 is 15.7 Å². The highest BCUT2D eigenvalue weighted by Gasteiger charge is 2.46. The van der Waals surface area contributed by atoms with E-state index in [0.717, 1.165) is 5.56 Å². The highest BCUT2D eigenvalue weighted by atomic mass is 35.5. The van der Waals surface area contributed by atoms with Gasteiger partial charge in [0.05, 0.1) is 5.92 Å². The van der Waals surface area contributed by atoms with Crippen molar-refractivity contribution in [2.24, 2.45) is 11.8 Å². The van der Waals surface area contributed by atoms with Gasteiger partial charge in [0.2, 0.25) is 11.8 Å². The summed E-state index contributed by atoms with van der Waals surface area (Å²) in [5, 5.41) is 26.0. The molecule has 1 aromatic rings. The van der Waals surface area contributed by atoms with E-state index in [1.165, 1.54) is 12.4 Å². The van der Waals surface area contributed by atoms with Crippen LogP contribution in [0.3, 0.4) is 0 Å². The van der Waals surface area contributed by atoms with Crippen LogP contribution in [0.1, 0.15) is 32.8 Å². The maximum absolute atomic E-state index is 13.1. The molecule has 1 aromatic carbocycles. The van der Waals surface area contributed by atoms with Crippen LogP contribution in [-0.2, 0) is 20.8 Å². The number of amides is 3. The molecule has 0 aliphatic rings. The smallest absolute Gasteiger partial charge is 0.253 e. The van der Waals surface area contributed by atoms with Gasteiger partial charge in [0.15, 0.2) is 5.60 Å². The molecule has 0 heterocycles. The molecule has 174 valence electrons. The van der Waals surface area contributed by atoms with Crippen molar-refractivity contribution in [3.8, 4) is 0 Å². The lowest BCUT2D eigenvalue weighted by Gasteiger charge is -2.34. The second-order valence-electron chi connectivity index (χ2n) is 7.86. The zero-order chi connectivity index (χ0) is 23.6. The molecular formula is C21H32ClN3O5S. The molecule has 0 aliphatic carbocycles. The van der Waals surface area contributed by atoms with Crippen molar-refractivity contribution in [1.29, 1.82) is 0 Å². The van der Waals surface area contributed by atoms with Crippen molar-refractivity contribution in [2.45, 2.75) is 45.3 Å². The number of hydroxylamine groups is 1. The summed E-state index contributed by atoms with van der Waals surface area (Å²) < 4.78 is 0. The van der Waals surface area contributed by atoms with Crippen LogP contribution in [0.15, 0.2) is 24.3 Å². The Morgan fingerprint density at radius 1 is 1.13 bits per heavy atom. The van der Waals surface area contributed by atoms with Crippen LogP contribution >= 0.6 is 23.4 Å². The zero-order valence-electron chi connectivity index (χ0n) is 18.3. The van der Waals surface area contributed by atoms with Gasteiger partial charge in [-0.2, -0.15) is 11.8 Å². The summed E-state index contributed by atoms with van der Waals surface area (Å²) in [4.78, 5) is 37.9. The van der Waals surface area contributed by atoms with E-state index in [4.69, 9.17) is 16.8 Å². The SMILES string of the molecule is CSCCNC(=O)[C@H](Cc1ccc(Cl)cc1)NC(=O)[C@](O)(CC(C)C)[C@H](C)C(=O)NO. The normalized spacial score (nSPS) is 15.0. The summed E-state index contributed by atoms with van der Waals surface area (Å²) >= 11 is 7.49. The second kappa shape index (κ2) is 12.9. The Morgan fingerprint density at radius 2 is 1.74 bits per heavy atom. The minimum atomic E-state index is -2.11. The third-order valence-electron chi connectivity index (χ3n) is 4.91. The van der Waals surface area contributed by atoms with Crippen LogP contribution in [0.5, 0.6) is 0 Å². The maximum atomic E-state index is 13.1. The molecule has 0 aliphatic heterocycles. The lowest BCUT2D eigenvalue weighted by Crippen LogP contribution is -2.60. The van der Waals surface area contributed by atoms with Crippen molar-refractivity contribution < 1.29 is 24.7 Å². The van der Waals surface area contributed by atoms with Gasteiger partial charge in [0.25, 0.3) is 5.91 Å². The molecule has 0 fully saturated rings. The third kappa shape index (κ3) is 8.33. The Balaban J connectivity index is 3.14. The van der Waals surface area contributed by atoms with E-state index < -0.39 is 35.3 Å². The lowest BCUT2D eigenvalue weighted by atomic mass is 9.80. The first-order valence-electron chi connectivity index (χ1n) is 10.0. The number of halogens is 1. The monoisotopic (exact) mass is 473 g/mol. The molecule has 0 aromatic heterocycles. The van der Waals surface area contributed by atoms with Gasteiger partial charge in [0.1, 0.15) is 6.04 Å². The average molecular weight is 474 g/mol. The summed E-state index contributed by atoms with van der Waals surface area (Å²) in [6.07, 6.45) is 2.06. The van der Waals surface area contributed by atoms with Crippen LogP contribution in [0.4, 0.5) is 0 Å². The quantitative estimate of drug-likeness (QED) is 0.179. The number of aliphatic hydroxyl groups is 1. The number of hydrogen-bond donors (Lipinski definition) is 5. The van der Waals surface area contributed by atoms with E-state index in [1.54, 1.807) is 49.9 Å². The fourth-order valence-corrected chi connectivity index (χ4v) is 3.58. The van der Waals surface area contributed by atoms with Crippen molar-refractivity contribution in [3.63, 3.8) is 0 Å². The van der Waals surface area contributed by atoms with Gasteiger partial charge in [-0.05, 0) is 36.3 Å². The molecule has 0 radical (unpaired) electrons. The zero-order valence-corrected chi connectivity index (χ0v) is 19.8. The van der Waals surface area contributed by atoms with Crippen LogP contribution in [0.25, 0.3) is 0 Å². The fourth-order valence-electron chi connectivity index (χ4n) is 3.15. The molecule has 3 amide bonds. The van der Waals surface area contributed by atoms with Gasteiger partial charge in [-0.25, -0.2) is 5.48 Å². The molecule has 3 atom stereocenters. The molecule has 10 heteroatoms. The largest absolute Gasteiger partial charge is 0.379 e. The molecule has 0 unspecified atom stereocenters. The van der Waals surface area contributed by atoms with Crippen molar-refractivity contribution >= 4 is 41.1 Å². The lowest BCUT2D eigenvalue weighted by molar-refractivity contribution is -0.159. The molecule has 0 bridgehead atoms. The first kappa shape index (κ1) is 27.2. The van der Waals surface area contributed by atoms with Gasteiger partial charge in [0, 0.05) is 23.7 Å². The number of carbonyl (C=O) groups is 3. The summed E-state index contributed by atoms with van der Waals surface area (Å²) in [7, 11) is 0. The Labute approximate surface area is 192 Å². The highest BCUT2D eigenvalue weighted by molar-refractivity contribution is 7.98. The topological polar surface area (TPSA) is 128 Å². The fraction of sp³-hybridized carbons (Fsp3) is 0.571. The van der Waals surface area contributed by atoms with Crippen LogP contribution in [-0.4, -0.2) is 58.2 Å². The molecular weight excluding hydrogens is 442 g/mol. The second-order valence-corrected chi connectivity index (χ2v) is 9.28. The van der Waals surface area contributed by atoms with Crippen LogP contribution in [0.2, 0.25) is 5.02 Å². The highest BCUT2D eigenvalue weighted by Crippen LogP contribution is 2.27. The summed E-state index contributed by atoms with van der Waals surface area (Å²) in [6, 6.07) is 5.89. The average Bonchev–Trinajstić information content (AvgIpc) is 2.72. The Kier molecular flexibility index (Phi) is 11.3. The van der Waals surface area contributed by atoms with Crippen LogP contribution in [0, 0.1) is 11.8 Å². The molecule has 0 saturated heterocycles. The van der Waals surface area contributed by atoms with Crippen molar-refractivity contribution in [1.82, 2.24) is 16.1 Å². The standard InChI is InChI=1S/C21H32ClN3O5S/c1-13(2)12-21(29,14(3)18(26)25-30)20(28)24-17(19(27)23-9-10-31-4)11-15-5-7-16(22)8-6-15/h5-8,13-14,17,29-30H,9-12H2,1-4H3,(H,23,27)(H,24,28)(H,25,26)/t14-,17+,21+/m1/s1. The molecule has 5 N–H and O–H groups in total. The Morgan fingerprint density at radius 3 is 2.26 bits per heavy atom. The van der Waals surface area contributed by atoms with E-state index in [9.17, 15) is 19.5 Å². The number of hydrogen-bond acceptors (Lipinski definition) is 6. The number of rotatable bonds is 12. The molecule has 0 spiro atoms. The first-order chi connectivity index (χ1) is 14.5. The third-order valence-corrected chi connectivity index (χ3v) is 5.78. The molecule has 31 heavy (non-hydrogen) atoms. The minimum absolute atomic E-state index is 0.0326. The number of nitrogens with one attached hydrogen (secondary N) is 3.